The molecule has 114 valence electrons. The molecule has 7 heteroatoms. The molecule has 1 fully saturated rings. The topological polar surface area (TPSA) is 67.0 Å². The van der Waals surface area contributed by atoms with Gasteiger partial charge in [0.2, 0.25) is 5.95 Å². The maximum atomic E-state index is 8.94. The summed E-state index contributed by atoms with van der Waals surface area (Å²) in [5.41, 5.74) is 1.80. The molecule has 0 unspecified atom stereocenters. The molecule has 22 heavy (non-hydrogen) atoms. The minimum absolute atomic E-state index is 0.685. The van der Waals surface area contributed by atoms with Crippen molar-refractivity contribution in [2.24, 2.45) is 7.05 Å². The van der Waals surface area contributed by atoms with Crippen LogP contribution in [0, 0.1) is 11.3 Å². The molecule has 0 amide bonds. The fourth-order valence-electron chi connectivity index (χ4n) is 2.35. The van der Waals surface area contributed by atoms with E-state index >= 15 is 0 Å². The molecule has 1 aliphatic rings. The Balaban J connectivity index is 1.68. The van der Waals surface area contributed by atoms with Crippen LogP contribution in [-0.2, 0) is 17.5 Å². The van der Waals surface area contributed by atoms with E-state index in [1.54, 1.807) is 11.8 Å². The third-order valence-electron chi connectivity index (χ3n) is 3.53. The number of anilines is 1. The van der Waals surface area contributed by atoms with E-state index < -0.39 is 0 Å². The van der Waals surface area contributed by atoms with Gasteiger partial charge in [-0.05, 0) is 17.7 Å². The molecular formula is C15H17N5OS. The number of thioether (sulfide) groups is 1. The number of rotatable bonds is 4. The van der Waals surface area contributed by atoms with Crippen molar-refractivity contribution in [3.8, 4) is 6.07 Å². The van der Waals surface area contributed by atoms with E-state index in [0.29, 0.717) is 5.56 Å². The van der Waals surface area contributed by atoms with Gasteiger partial charge in [0.05, 0.1) is 24.8 Å². The molecule has 1 aliphatic heterocycles. The van der Waals surface area contributed by atoms with Crippen molar-refractivity contribution in [1.82, 2.24) is 14.8 Å². The minimum Gasteiger partial charge on any atom is -0.378 e. The Morgan fingerprint density at radius 1 is 1.32 bits per heavy atom. The van der Waals surface area contributed by atoms with E-state index in [2.05, 4.69) is 21.2 Å². The highest BCUT2D eigenvalue weighted by Gasteiger charge is 2.18. The molecule has 2 heterocycles. The maximum absolute atomic E-state index is 8.94. The highest BCUT2D eigenvalue weighted by Crippen LogP contribution is 2.24. The highest BCUT2D eigenvalue weighted by molar-refractivity contribution is 7.98. The third kappa shape index (κ3) is 3.24. The molecule has 0 spiro atoms. The SMILES string of the molecule is Cn1c(SCc2cccc(C#N)c2)nnc1N1CCOCC1. The first-order chi connectivity index (χ1) is 10.8. The van der Waals surface area contributed by atoms with E-state index in [-0.39, 0.29) is 0 Å². The number of nitriles is 1. The normalized spacial score (nSPS) is 14.8. The van der Waals surface area contributed by atoms with Crippen LogP contribution in [0.3, 0.4) is 0 Å². The maximum Gasteiger partial charge on any atom is 0.227 e. The van der Waals surface area contributed by atoms with Crippen molar-refractivity contribution in [2.45, 2.75) is 10.9 Å². The molecule has 1 aromatic heterocycles. The second-order valence-corrected chi connectivity index (χ2v) is 5.98. The van der Waals surface area contributed by atoms with Gasteiger partial charge in [-0.1, -0.05) is 23.9 Å². The molecular weight excluding hydrogens is 298 g/mol. The van der Waals surface area contributed by atoms with Crippen LogP contribution in [0.15, 0.2) is 29.4 Å². The predicted octanol–water partition coefficient (Wildman–Crippen LogP) is 1.82. The van der Waals surface area contributed by atoms with Crippen LogP contribution >= 0.6 is 11.8 Å². The molecule has 0 N–H and O–H groups in total. The van der Waals surface area contributed by atoms with Crippen LogP contribution in [0.1, 0.15) is 11.1 Å². The number of hydrogen-bond donors (Lipinski definition) is 0. The van der Waals surface area contributed by atoms with Crippen LogP contribution in [0.2, 0.25) is 0 Å². The summed E-state index contributed by atoms with van der Waals surface area (Å²) in [6.45, 7) is 3.16. The lowest BCUT2D eigenvalue weighted by atomic mass is 10.2. The molecule has 2 aromatic rings. The number of hydrogen-bond acceptors (Lipinski definition) is 6. The number of ether oxygens (including phenoxy) is 1. The molecule has 0 atom stereocenters. The zero-order valence-electron chi connectivity index (χ0n) is 12.4. The summed E-state index contributed by atoms with van der Waals surface area (Å²) in [5.74, 6) is 1.65. The van der Waals surface area contributed by atoms with Gasteiger partial charge in [-0.2, -0.15) is 5.26 Å². The molecule has 1 aromatic carbocycles. The lowest BCUT2D eigenvalue weighted by Gasteiger charge is -2.27. The average molecular weight is 315 g/mol. The van der Waals surface area contributed by atoms with E-state index in [4.69, 9.17) is 10.00 Å². The first-order valence-electron chi connectivity index (χ1n) is 7.12. The van der Waals surface area contributed by atoms with Gasteiger partial charge in [0, 0.05) is 25.9 Å². The van der Waals surface area contributed by atoms with E-state index in [9.17, 15) is 0 Å². The molecule has 0 aliphatic carbocycles. The number of morpholine rings is 1. The smallest absolute Gasteiger partial charge is 0.227 e. The monoisotopic (exact) mass is 315 g/mol. The van der Waals surface area contributed by atoms with Crippen molar-refractivity contribution < 1.29 is 4.74 Å². The molecule has 3 rings (SSSR count). The highest BCUT2D eigenvalue weighted by atomic mass is 32.2. The summed E-state index contributed by atoms with van der Waals surface area (Å²) in [6.07, 6.45) is 0. The standard InChI is InChI=1S/C15H17N5OS/c1-19-14(20-5-7-21-8-6-20)17-18-15(19)22-11-13-4-2-3-12(9-13)10-16/h2-4,9H,5-8,11H2,1H3. The number of nitrogens with zero attached hydrogens (tertiary/aromatic N) is 5. The van der Waals surface area contributed by atoms with Crippen molar-refractivity contribution in [3.63, 3.8) is 0 Å². The molecule has 0 bridgehead atoms. The van der Waals surface area contributed by atoms with Gasteiger partial charge < -0.3 is 9.64 Å². The van der Waals surface area contributed by atoms with Gasteiger partial charge >= 0.3 is 0 Å². The number of aromatic nitrogens is 3. The van der Waals surface area contributed by atoms with Gasteiger partial charge in [0.15, 0.2) is 5.16 Å². The average Bonchev–Trinajstić information content (AvgIpc) is 2.95. The first-order valence-corrected chi connectivity index (χ1v) is 8.10. The van der Waals surface area contributed by atoms with Crippen molar-refractivity contribution in [2.75, 3.05) is 31.2 Å². The second kappa shape index (κ2) is 6.81. The zero-order chi connectivity index (χ0) is 15.4. The van der Waals surface area contributed by atoms with Gasteiger partial charge in [-0.3, -0.25) is 4.57 Å². The first kappa shape index (κ1) is 14.9. The Bertz CT molecular complexity index is 687. The summed E-state index contributed by atoms with van der Waals surface area (Å²) < 4.78 is 7.38. The van der Waals surface area contributed by atoms with Gasteiger partial charge in [0.25, 0.3) is 0 Å². The van der Waals surface area contributed by atoms with Crippen molar-refractivity contribution >= 4 is 17.7 Å². The van der Waals surface area contributed by atoms with Crippen molar-refractivity contribution in [3.05, 3.63) is 35.4 Å². The Kier molecular flexibility index (Phi) is 4.61. The van der Waals surface area contributed by atoms with Crippen LogP contribution in [0.5, 0.6) is 0 Å². The Labute approximate surface area is 133 Å². The van der Waals surface area contributed by atoms with Gasteiger partial charge in [-0.15, -0.1) is 10.2 Å². The molecule has 0 saturated carbocycles. The fraction of sp³-hybridized carbons (Fsp3) is 0.400. The lowest BCUT2D eigenvalue weighted by Crippen LogP contribution is -2.37. The van der Waals surface area contributed by atoms with Crippen LogP contribution < -0.4 is 4.90 Å². The number of benzene rings is 1. The van der Waals surface area contributed by atoms with E-state index in [1.165, 1.54) is 0 Å². The van der Waals surface area contributed by atoms with Crippen molar-refractivity contribution in [1.29, 1.82) is 5.26 Å². The predicted molar refractivity (Wildman–Crippen MR) is 84.8 cm³/mol. The van der Waals surface area contributed by atoms with Gasteiger partial charge in [0.1, 0.15) is 0 Å². The molecule has 6 nitrogen and oxygen atoms in total. The Hall–Kier alpha value is -2.04. The van der Waals surface area contributed by atoms with Crippen LogP contribution in [0.4, 0.5) is 5.95 Å². The summed E-state index contributed by atoms with van der Waals surface area (Å²) in [6, 6.07) is 9.81. The quantitative estimate of drug-likeness (QED) is 0.802. The summed E-state index contributed by atoms with van der Waals surface area (Å²) in [4.78, 5) is 2.19. The van der Waals surface area contributed by atoms with E-state index in [0.717, 1.165) is 48.7 Å². The summed E-state index contributed by atoms with van der Waals surface area (Å²) >= 11 is 1.63. The zero-order valence-corrected chi connectivity index (χ0v) is 13.2. The largest absolute Gasteiger partial charge is 0.378 e. The Morgan fingerprint density at radius 2 is 2.14 bits per heavy atom. The third-order valence-corrected chi connectivity index (χ3v) is 4.62. The van der Waals surface area contributed by atoms with Crippen LogP contribution in [0.25, 0.3) is 0 Å². The van der Waals surface area contributed by atoms with Gasteiger partial charge in [-0.25, -0.2) is 0 Å². The summed E-state index contributed by atoms with van der Waals surface area (Å²) in [7, 11) is 1.98. The Morgan fingerprint density at radius 3 is 2.91 bits per heavy atom. The second-order valence-electron chi connectivity index (χ2n) is 5.04. The van der Waals surface area contributed by atoms with E-state index in [1.807, 2.05) is 35.9 Å². The summed E-state index contributed by atoms with van der Waals surface area (Å²) in [5, 5.41) is 18.4. The molecule has 0 radical (unpaired) electrons. The van der Waals surface area contributed by atoms with Crippen LogP contribution in [-0.4, -0.2) is 41.1 Å². The fourth-order valence-corrected chi connectivity index (χ4v) is 3.20. The minimum atomic E-state index is 0.685. The molecule has 1 saturated heterocycles. The lowest BCUT2D eigenvalue weighted by molar-refractivity contribution is 0.121.